The zero-order valence-corrected chi connectivity index (χ0v) is 14.7. The van der Waals surface area contributed by atoms with Gasteiger partial charge < -0.3 is 10.2 Å². The van der Waals surface area contributed by atoms with Crippen molar-refractivity contribution in [3.8, 4) is 0 Å². The molecule has 0 aromatic carbocycles. The van der Waals surface area contributed by atoms with Gasteiger partial charge in [-0.3, -0.25) is 9.89 Å². The molecule has 24 heavy (non-hydrogen) atoms. The van der Waals surface area contributed by atoms with Crippen molar-refractivity contribution in [3.63, 3.8) is 0 Å². The molecule has 0 spiro atoms. The average Bonchev–Trinajstić information content (AvgIpc) is 3.06. The smallest absolute Gasteiger partial charge is 0.357 e. The van der Waals surface area contributed by atoms with Gasteiger partial charge in [-0.1, -0.05) is 11.6 Å². The van der Waals surface area contributed by atoms with Crippen LogP contribution in [0.25, 0.3) is 0 Å². The lowest BCUT2D eigenvalue weighted by atomic mass is 10.2. The Hall–Kier alpha value is -1.24. The van der Waals surface area contributed by atoms with Crippen molar-refractivity contribution in [2.45, 2.75) is 51.7 Å². The molecule has 0 aromatic rings. The molecule has 0 saturated carbocycles. The molecule has 1 saturated heterocycles. The Morgan fingerprint density at radius 3 is 2.54 bits per heavy atom. The van der Waals surface area contributed by atoms with Crippen LogP contribution < -0.4 is 5.32 Å². The van der Waals surface area contributed by atoms with E-state index in [0.29, 0.717) is 26.2 Å². The Kier molecular flexibility index (Phi) is 6.95. The van der Waals surface area contributed by atoms with E-state index in [1.807, 2.05) is 6.92 Å². The molecule has 0 bridgehead atoms. The molecule has 2 aliphatic rings. The molecule has 1 fully saturated rings. The van der Waals surface area contributed by atoms with Gasteiger partial charge in [0, 0.05) is 39.3 Å². The normalized spacial score (nSPS) is 21.8. The van der Waals surface area contributed by atoms with Crippen LogP contribution in [0.5, 0.6) is 0 Å². The van der Waals surface area contributed by atoms with Crippen LogP contribution in [-0.4, -0.2) is 67.2 Å². The Balaban J connectivity index is 1.85. The van der Waals surface area contributed by atoms with Gasteiger partial charge in [-0.15, -0.1) is 0 Å². The second-order valence-electron chi connectivity index (χ2n) is 6.48. The molecule has 1 aliphatic carbocycles. The van der Waals surface area contributed by atoms with Crippen LogP contribution in [-0.2, 0) is 0 Å². The molecule has 7 heteroatoms. The van der Waals surface area contributed by atoms with Crippen molar-refractivity contribution >= 4 is 5.96 Å². The predicted octanol–water partition coefficient (Wildman–Crippen LogP) is 3.02. The van der Waals surface area contributed by atoms with Crippen LogP contribution in [0.1, 0.15) is 39.5 Å². The third kappa shape index (κ3) is 5.40. The van der Waals surface area contributed by atoms with Gasteiger partial charge in [-0.2, -0.15) is 13.2 Å². The number of guanidine groups is 1. The highest BCUT2D eigenvalue weighted by Gasteiger charge is 2.41. The third-order valence-corrected chi connectivity index (χ3v) is 4.80. The summed E-state index contributed by atoms with van der Waals surface area (Å²) in [7, 11) is 0. The maximum atomic E-state index is 12.8. The van der Waals surface area contributed by atoms with Crippen LogP contribution in [0.3, 0.4) is 0 Å². The minimum atomic E-state index is -4.16. The van der Waals surface area contributed by atoms with Crippen LogP contribution in [0, 0.1) is 0 Å². The Morgan fingerprint density at radius 2 is 2.00 bits per heavy atom. The first kappa shape index (κ1) is 19.1. The van der Waals surface area contributed by atoms with E-state index in [4.69, 9.17) is 0 Å². The number of nitrogens with zero attached hydrogens (tertiary/aromatic N) is 3. The summed E-state index contributed by atoms with van der Waals surface area (Å²) >= 11 is 0. The van der Waals surface area contributed by atoms with Crippen molar-refractivity contribution in [3.05, 3.63) is 11.6 Å². The highest BCUT2D eigenvalue weighted by molar-refractivity contribution is 5.80. The van der Waals surface area contributed by atoms with Crippen molar-refractivity contribution in [2.75, 3.05) is 39.3 Å². The van der Waals surface area contributed by atoms with Crippen molar-refractivity contribution in [1.29, 1.82) is 0 Å². The number of hydrogen-bond acceptors (Lipinski definition) is 2. The van der Waals surface area contributed by atoms with E-state index in [2.05, 4.69) is 21.3 Å². The molecule has 0 aromatic heterocycles. The molecule has 1 aliphatic heterocycles. The van der Waals surface area contributed by atoms with E-state index in [1.165, 1.54) is 36.7 Å². The molecule has 2 rings (SSSR count). The molecule has 1 heterocycles. The van der Waals surface area contributed by atoms with E-state index < -0.39 is 12.2 Å². The maximum Gasteiger partial charge on any atom is 0.403 e. The summed E-state index contributed by atoms with van der Waals surface area (Å²) in [5.41, 5.74) is 1.48. The lowest BCUT2D eigenvalue weighted by molar-refractivity contribution is -0.181. The van der Waals surface area contributed by atoms with Gasteiger partial charge >= 0.3 is 6.18 Å². The van der Waals surface area contributed by atoms with Gasteiger partial charge in [-0.25, -0.2) is 0 Å². The Labute approximate surface area is 142 Å². The zero-order valence-electron chi connectivity index (χ0n) is 14.7. The van der Waals surface area contributed by atoms with Crippen molar-refractivity contribution in [2.24, 2.45) is 4.99 Å². The number of hydrogen-bond donors (Lipinski definition) is 1. The fourth-order valence-corrected chi connectivity index (χ4v) is 3.22. The number of piperazine rings is 1. The number of alkyl halides is 3. The molecule has 4 nitrogen and oxygen atoms in total. The largest absolute Gasteiger partial charge is 0.403 e. The average molecular weight is 346 g/mol. The summed E-state index contributed by atoms with van der Waals surface area (Å²) in [5.74, 6) is 0.829. The van der Waals surface area contributed by atoms with Gasteiger partial charge in [-0.05, 0) is 39.5 Å². The predicted molar refractivity (Wildman–Crippen MR) is 91.2 cm³/mol. The second-order valence-corrected chi connectivity index (χ2v) is 6.48. The van der Waals surface area contributed by atoms with Gasteiger partial charge in [0.05, 0.1) is 0 Å². The first-order chi connectivity index (χ1) is 11.4. The minimum Gasteiger partial charge on any atom is -0.357 e. The summed E-state index contributed by atoms with van der Waals surface area (Å²) in [6.45, 7) is 6.74. The first-order valence-electron chi connectivity index (χ1n) is 8.93. The van der Waals surface area contributed by atoms with Crippen LogP contribution in [0.2, 0.25) is 0 Å². The summed E-state index contributed by atoms with van der Waals surface area (Å²) in [4.78, 5) is 8.25. The summed E-state index contributed by atoms with van der Waals surface area (Å²) in [6.07, 6.45) is 2.74. The maximum absolute atomic E-state index is 12.8. The zero-order chi connectivity index (χ0) is 17.6. The summed E-state index contributed by atoms with van der Waals surface area (Å²) in [6, 6.07) is -1.38. The standard InChI is InChI=1S/C17H29F3N4/c1-3-21-16(22-9-8-15-6-4-5-7-15)24-12-10-23(11-13-24)14(2)17(18,19)20/h6,14H,3-5,7-13H2,1-2H3,(H,21,22). The van der Waals surface area contributed by atoms with E-state index in [1.54, 1.807) is 0 Å². The molecular formula is C17H29F3N4. The number of aliphatic imine (C=N–C) groups is 1. The van der Waals surface area contributed by atoms with E-state index in [-0.39, 0.29) is 0 Å². The first-order valence-corrected chi connectivity index (χ1v) is 8.93. The second kappa shape index (κ2) is 8.74. The molecule has 1 N–H and O–H groups in total. The molecule has 0 amide bonds. The topological polar surface area (TPSA) is 30.9 Å². The van der Waals surface area contributed by atoms with Gasteiger partial charge in [0.25, 0.3) is 0 Å². The molecule has 0 radical (unpaired) electrons. The summed E-state index contributed by atoms with van der Waals surface area (Å²) < 4.78 is 38.5. The summed E-state index contributed by atoms with van der Waals surface area (Å²) in [5, 5.41) is 3.27. The van der Waals surface area contributed by atoms with Crippen LogP contribution in [0.15, 0.2) is 16.6 Å². The molecule has 1 atom stereocenters. The number of rotatable bonds is 5. The van der Waals surface area contributed by atoms with Crippen molar-refractivity contribution < 1.29 is 13.2 Å². The fraction of sp³-hybridized carbons (Fsp3) is 0.824. The van der Waals surface area contributed by atoms with Gasteiger partial charge in [0.15, 0.2) is 5.96 Å². The fourth-order valence-electron chi connectivity index (χ4n) is 3.22. The quantitative estimate of drug-likeness (QED) is 0.472. The molecule has 138 valence electrons. The lowest BCUT2D eigenvalue weighted by Gasteiger charge is -2.39. The Bertz CT molecular complexity index is 451. The highest BCUT2D eigenvalue weighted by atomic mass is 19.4. The van der Waals surface area contributed by atoms with Gasteiger partial charge in [0.2, 0.25) is 0 Å². The van der Waals surface area contributed by atoms with Crippen LogP contribution >= 0.6 is 0 Å². The van der Waals surface area contributed by atoms with E-state index in [9.17, 15) is 13.2 Å². The SMILES string of the molecule is CCNC(=NCCC1=CCCC1)N1CCN(C(C)C(F)(F)F)CC1. The van der Waals surface area contributed by atoms with E-state index in [0.717, 1.165) is 25.5 Å². The van der Waals surface area contributed by atoms with Crippen LogP contribution in [0.4, 0.5) is 13.2 Å². The molecule has 1 unspecified atom stereocenters. The van der Waals surface area contributed by atoms with E-state index >= 15 is 0 Å². The molecular weight excluding hydrogens is 317 g/mol. The Morgan fingerprint density at radius 1 is 1.29 bits per heavy atom. The highest BCUT2D eigenvalue weighted by Crippen LogP contribution is 2.25. The third-order valence-electron chi connectivity index (χ3n) is 4.80. The minimum absolute atomic E-state index is 0.413. The lowest BCUT2D eigenvalue weighted by Crippen LogP contribution is -2.56. The van der Waals surface area contributed by atoms with Crippen molar-refractivity contribution in [1.82, 2.24) is 15.1 Å². The number of halogens is 3. The van der Waals surface area contributed by atoms with Gasteiger partial charge in [0.1, 0.15) is 6.04 Å². The number of allylic oxidation sites excluding steroid dienone is 1. The number of nitrogens with one attached hydrogen (secondary N) is 1. The monoisotopic (exact) mass is 346 g/mol.